The molecule has 0 aromatic rings. The van der Waals surface area contributed by atoms with E-state index in [1.807, 2.05) is 0 Å². The van der Waals surface area contributed by atoms with E-state index in [4.69, 9.17) is 0 Å². The Morgan fingerprint density at radius 1 is 1.00 bits per heavy atom. The third-order valence-corrected chi connectivity index (χ3v) is 3.68. The van der Waals surface area contributed by atoms with Crippen LogP contribution in [-0.4, -0.2) is 0 Å². The van der Waals surface area contributed by atoms with Gasteiger partial charge in [0, 0.05) is 0 Å². The number of rotatable bonds is 6. The molecular weight excluding hydrogens is 168 g/mol. The first-order valence-corrected chi connectivity index (χ1v) is 6.48. The molecule has 1 aliphatic rings. The van der Waals surface area contributed by atoms with Crippen molar-refractivity contribution in [1.82, 2.24) is 0 Å². The summed E-state index contributed by atoms with van der Waals surface area (Å²) in [5.74, 6) is 0. The summed E-state index contributed by atoms with van der Waals surface area (Å²) in [5.41, 5.74) is 0.695. The summed E-state index contributed by atoms with van der Waals surface area (Å²) in [6.45, 7) is 4.62. The van der Waals surface area contributed by atoms with Gasteiger partial charge in [0.05, 0.1) is 0 Å². The minimum Gasteiger partial charge on any atom is -0.0885 e. The molecule has 0 bridgehead atoms. The van der Waals surface area contributed by atoms with E-state index >= 15 is 0 Å². The second-order valence-electron chi connectivity index (χ2n) is 4.92. The van der Waals surface area contributed by atoms with Crippen LogP contribution < -0.4 is 0 Å². The van der Waals surface area contributed by atoms with Gasteiger partial charge in [0.1, 0.15) is 0 Å². The molecule has 1 rings (SSSR count). The van der Waals surface area contributed by atoms with Crippen LogP contribution in [0.4, 0.5) is 0 Å². The summed E-state index contributed by atoms with van der Waals surface area (Å²) in [6, 6.07) is 0. The third kappa shape index (κ3) is 3.48. The lowest BCUT2D eigenvalue weighted by Gasteiger charge is -2.35. The van der Waals surface area contributed by atoms with E-state index in [1.54, 1.807) is 0 Å². The van der Waals surface area contributed by atoms with Gasteiger partial charge in [-0.15, -0.1) is 0 Å². The van der Waals surface area contributed by atoms with Crippen LogP contribution in [0.25, 0.3) is 0 Å². The minimum absolute atomic E-state index is 0.695. The van der Waals surface area contributed by atoms with Gasteiger partial charge in [-0.1, -0.05) is 51.7 Å². The second kappa shape index (κ2) is 6.27. The Labute approximate surface area is 89.8 Å². The largest absolute Gasteiger partial charge is 0.0885 e. The average Bonchev–Trinajstić information content (AvgIpc) is 2.25. The summed E-state index contributed by atoms with van der Waals surface area (Å²) in [4.78, 5) is 0. The predicted molar refractivity (Wildman–Crippen MR) is 64.5 cm³/mol. The molecule has 0 nitrogen and oxygen atoms in total. The summed E-state index contributed by atoms with van der Waals surface area (Å²) in [5, 5.41) is 0. The van der Waals surface area contributed by atoms with Gasteiger partial charge in [-0.2, -0.15) is 0 Å². The van der Waals surface area contributed by atoms with Crippen molar-refractivity contribution in [3.8, 4) is 0 Å². The van der Waals surface area contributed by atoms with Crippen LogP contribution in [0, 0.1) is 5.41 Å². The van der Waals surface area contributed by atoms with Crippen molar-refractivity contribution < 1.29 is 0 Å². The molecule has 0 fully saturated rings. The maximum atomic E-state index is 2.43. The Hall–Kier alpha value is -0.260. The van der Waals surface area contributed by atoms with Gasteiger partial charge in [-0.05, 0) is 37.5 Å². The normalized spacial score (nSPS) is 19.9. The molecule has 0 heterocycles. The van der Waals surface area contributed by atoms with E-state index in [-0.39, 0.29) is 0 Å². The lowest BCUT2D eigenvalue weighted by molar-refractivity contribution is 0.202. The molecular formula is C14H26. The highest BCUT2D eigenvalue weighted by Gasteiger charge is 2.28. The first kappa shape index (κ1) is 11.8. The first-order chi connectivity index (χ1) is 6.83. The van der Waals surface area contributed by atoms with Crippen LogP contribution in [0.1, 0.15) is 71.6 Å². The maximum absolute atomic E-state index is 2.43. The van der Waals surface area contributed by atoms with Crippen molar-refractivity contribution in [2.75, 3.05) is 0 Å². The molecule has 0 aromatic heterocycles. The molecule has 0 aliphatic heterocycles. The molecule has 82 valence electrons. The smallest absolute Gasteiger partial charge is 0.0260 e. The average molecular weight is 194 g/mol. The zero-order valence-electron chi connectivity index (χ0n) is 10.0. The molecule has 14 heavy (non-hydrogen) atoms. The molecule has 1 aliphatic carbocycles. The van der Waals surface area contributed by atoms with E-state index < -0.39 is 0 Å². The Morgan fingerprint density at radius 3 is 2.07 bits per heavy atom. The minimum atomic E-state index is 0.695. The molecule has 0 amide bonds. The standard InChI is InChI=1S/C14H26/c1-3-5-10-14(11-6-4-2)12-8-7-9-13-14/h7-8H,3-6,9-13H2,1-2H3. The molecule has 0 N–H and O–H groups in total. The van der Waals surface area contributed by atoms with Crippen molar-refractivity contribution in [1.29, 1.82) is 0 Å². The molecule has 0 aromatic carbocycles. The number of hydrogen-bond acceptors (Lipinski definition) is 0. The zero-order chi connectivity index (χ0) is 10.3. The van der Waals surface area contributed by atoms with Crippen molar-refractivity contribution in [3.63, 3.8) is 0 Å². The summed E-state index contributed by atoms with van der Waals surface area (Å²) in [7, 11) is 0. The van der Waals surface area contributed by atoms with Crippen LogP contribution in [0.15, 0.2) is 12.2 Å². The Bertz CT molecular complexity index is 159. The van der Waals surface area contributed by atoms with Crippen LogP contribution in [0.3, 0.4) is 0 Å². The van der Waals surface area contributed by atoms with Gasteiger partial charge in [0.15, 0.2) is 0 Å². The van der Waals surface area contributed by atoms with Gasteiger partial charge >= 0.3 is 0 Å². The molecule has 0 saturated carbocycles. The van der Waals surface area contributed by atoms with Crippen LogP contribution in [-0.2, 0) is 0 Å². The summed E-state index contributed by atoms with van der Waals surface area (Å²) >= 11 is 0. The summed E-state index contributed by atoms with van der Waals surface area (Å²) < 4.78 is 0. The third-order valence-electron chi connectivity index (χ3n) is 3.68. The maximum Gasteiger partial charge on any atom is -0.0260 e. The van der Waals surface area contributed by atoms with E-state index in [0.717, 1.165) is 0 Å². The molecule has 0 radical (unpaired) electrons. The fourth-order valence-corrected chi connectivity index (χ4v) is 2.63. The van der Waals surface area contributed by atoms with Crippen LogP contribution in [0.5, 0.6) is 0 Å². The van der Waals surface area contributed by atoms with E-state index in [0.29, 0.717) is 5.41 Å². The van der Waals surface area contributed by atoms with Crippen LogP contribution in [0.2, 0.25) is 0 Å². The van der Waals surface area contributed by atoms with Crippen molar-refractivity contribution in [2.24, 2.45) is 5.41 Å². The topological polar surface area (TPSA) is 0 Å². The Morgan fingerprint density at radius 2 is 1.64 bits per heavy atom. The molecule has 0 saturated heterocycles. The monoisotopic (exact) mass is 194 g/mol. The van der Waals surface area contributed by atoms with E-state index in [1.165, 1.54) is 57.8 Å². The van der Waals surface area contributed by atoms with Crippen molar-refractivity contribution in [3.05, 3.63) is 12.2 Å². The van der Waals surface area contributed by atoms with Gasteiger partial charge in [0.2, 0.25) is 0 Å². The van der Waals surface area contributed by atoms with Crippen LogP contribution >= 0.6 is 0 Å². The van der Waals surface area contributed by atoms with Gasteiger partial charge in [-0.3, -0.25) is 0 Å². The highest BCUT2D eigenvalue weighted by atomic mass is 14.3. The lowest BCUT2D eigenvalue weighted by atomic mass is 9.70. The number of unbranched alkanes of at least 4 members (excludes halogenated alkanes) is 2. The Balaban J connectivity index is 2.44. The van der Waals surface area contributed by atoms with Crippen molar-refractivity contribution in [2.45, 2.75) is 71.6 Å². The highest BCUT2D eigenvalue weighted by Crippen LogP contribution is 2.42. The van der Waals surface area contributed by atoms with Crippen molar-refractivity contribution >= 4 is 0 Å². The van der Waals surface area contributed by atoms with Gasteiger partial charge < -0.3 is 0 Å². The highest BCUT2D eigenvalue weighted by molar-refractivity contribution is 4.97. The second-order valence-corrected chi connectivity index (χ2v) is 4.92. The number of hydrogen-bond donors (Lipinski definition) is 0. The van der Waals surface area contributed by atoms with Gasteiger partial charge in [0.25, 0.3) is 0 Å². The fourth-order valence-electron chi connectivity index (χ4n) is 2.63. The quantitative estimate of drug-likeness (QED) is 0.516. The first-order valence-electron chi connectivity index (χ1n) is 6.48. The summed E-state index contributed by atoms with van der Waals surface area (Å²) in [6.07, 6.45) is 17.4. The molecule has 0 unspecified atom stereocenters. The SMILES string of the molecule is CCCCC1(CCCC)CC=CCC1. The predicted octanol–water partition coefficient (Wildman–Crippen LogP) is 5.09. The lowest BCUT2D eigenvalue weighted by Crippen LogP contribution is -2.22. The Kier molecular flexibility index (Phi) is 5.29. The zero-order valence-corrected chi connectivity index (χ0v) is 10.0. The van der Waals surface area contributed by atoms with E-state index in [2.05, 4.69) is 26.0 Å². The van der Waals surface area contributed by atoms with Gasteiger partial charge in [-0.25, -0.2) is 0 Å². The fraction of sp³-hybridized carbons (Fsp3) is 0.857. The molecule has 0 heteroatoms. The molecule has 0 atom stereocenters. The molecule has 0 spiro atoms. The van der Waals surface area contributed by atoms with E-state index in [9.17, 15) is 0 Å². The number of allylic oxidation sites excluding steroid dienone is 2.